The molecule has 0 atom stereocenters. The molecular formula is C22H43BrFN6Na. The Kier molecular flexibility index (Phi) is 21.4. The molecule has 0 bridgehead atoms. The molecule has 4 rings (SSSR count). The van der Waals surface area contributed by atoms with Gasteiger partial charge in [-0.1, -0.05) is 23.4 Å². The van der Waals surface area contributed by atoms with Gasteiger partial charge in [-0.3, -0.25) is 14.2 Å². The van der Waals surface area contributed by atoms with Gasteiger partial charge in [-0.15, -0.1) is 0 Å². The largest absolute Gasteiger partial charge is 1.00 e. The van der Waals surface area contributed by atoms with Crippen LogP contribution in [0.5, 0.6) is 0 Å². The summed E-state index contributed by atoms with van der Waals surface area (Å²) in [7, 11) is -1.00. The Morgan fingerprint density at radius 2 is 1.58 bits per heavy atom. The molecule has 0 amide bonds. The van der Waals surface area contributed by atoms with Gasteiger partial charge >= 0.3 is 29.6 Å². The Balaban J connectivity index is -0.000000393. The molecule has 31 heavy (non-hydrogen) atoms. The van der Waals surface area contributed by atoms with Crippen molar-refractivity contribution in [3.8, 4) is 0 Å². The minimum absolute atomic E-state index is 0. The molecule has 2 saturated heterocycles. The van der Waals surface area contributed by atoms with Crippen LogP contribution in [-0.2, 0) is 6.54 Å². The van der Waals surface area contributed by atoms with E-state index in [4.69, 9.17) is 1.37 Å². The van der Waals surface area contributed by atoms with E-state index in [2.05, 4.69) is 54.1 Å². The molecule has 4 heterocycles. The van der Waals surface area contributed by atoms with Gasteiger partial charge in [0.1, 0.15) is 0 Å². The van der Waals surface area contributed by atoms with E-state index >= 15 is 0 Å². The first-order valence-corrected chi connectivity index (χ1v) is 11.5. The van der Waals surface area contributed by atoms with Crippen LogP contribution in [0, 0.1) is 13.8 Å². The van der Waals surface area contributed by atoms with Crippen LogP contribution < -0.4 is 29.6 Å². The molecule has 0 radical (unpaired) electrons. The fourth-order valence-electron chi connectivity index (χ4n) is 3.28. The normalized spacial score (nSPS) is 15.7. The molecule has 2 aliphatic rings. The molecule has 6 nitrogen and oxygen atoms in total. The van der Waals surface area contributed by atoms with Crippen molar-refractivity contribution in [3.63, 3.8) is 0 Å². The molecule has 2 aromatic heterocycles. The van der Waals surface area contributed by atoms with E-state index in [0.717, 1.165) is 18.4 Å². The number of aromatic amines is 1. The van der Waals surface area contributed by atoms with Crippen molar-refractivity contribution in [2.75, 3.05) is 51.8 Å². The first kappa shape index (κ1) is 30.8. The minimum Gasteiger partial charge on any atom is -1.00 e. The van der Waals surface area contributed by atoms with E-state index in [-0.39, 0.29) is 38.4 Å². The maximum atomic E-state index is 9.96. The van der Waals surface area contributed by atoms with Crippen LogP contribution in [0.2, 0.25) is 0 Å². The number of hydrogen-bond donors (Lipinski definition) is 1. The summed E-state index contributed by atoms with van der Waals surface area (Å²) in [6.45, 7) is 12.7. The molecule has 2 fully saturated rings. The molecule has 0 aliphatic carbocycles. The van der Waals surface area contributed by atoms with Crippen molar-refractivity contribution in [2.45, 2.75) is 53.5 Å². The molecule has 2 aromatic rings. The van der Waals surface area contributed by atoms with Crippen LogP contribution in [0.25, 0.3) is 0 Å². The van der Waals surface area contributed by atoms with E-state index in [1.54, 1.807) is 6.20 Å². The standard InChI is InChI=1S/C10H17N3.C6H12BrN.C4H6N2.CH3F.CH4.Na.H/c1-10-8-11-13(9-10)7-6-12-4-2-3-5-12;7-3-6-8-4-1-2-5-8;1-4-2-5-6-3-4;1-2;;;/h8-9H,2-7H2,1H3;1-6H2;2-3H,1H3,(H,5,6);1H3;1H4;;/q;;;;;+1;-1/i;;;1D;;;. The summed E-state index contributed by atoms with van der Waals surface area (Å²) in [6.07, 6.45) is 13.2. The Morgan fingerprint density at radius 3 is 1.94 bits per heavy atom. The summed E-state index contributed by atoms with van der Waals surface area (Å²) >= 11 is 3.42. The zero-order valence-electron chi connectivity index (χ0n) is 21.0. The minimum atomic E-state index is -1.00. The number of alkyl halides is 2. The van der Waals surface area contributed by atoms with Gasteiger partial charge in [0.05, 0.1) is 27.5 Å². The van der Waals surface area contributed by atoms with Crippen LogP contribution >= 0.6 is 15.9 Å². The van der Waals surface area contributed by atoms with Crippen molar-refractivity contribution in [2.24, 2.45) is 0 Å². The van der Waals surface area contributed by atoms with Crippen molar-refractivity contribution < 1.29 is 36.7 Å². The Bertz CT molecular complexity index is 624. The molecule has 2 aliphatic heterocycles. The SMILES string of the molecule is BrCCN1CCCC1.C.Cc1cn[nH]c1.Cc1cnn(CCN2CCCC2)c1.[2H]CF.[H-].[Na+]. The molecule has 0 aromatic carbocycles. The van der Waals surface area contributed by atoms with Crippen LogP contribution in [0.1, 0.15) is 47.0 Å². The number of hydrogen-bond acceptors (Lipinski definition) is 4. The number of H-pyrrole nitrogens is 1. The monoisotopic (exact) mass is 513 g/mol. The second-order valence-corrected chi connectivity index (χ2v) is 8.14. The number of rotatable bonds is 5. The van der Waals surface area contributed by atoms with Crippen molar-refractivity contribution in [1.29, 1.82) is 0 Å². The van der Waals surface area contributed by atoms with Crippen molar-refractivity contribution in [3.05, 3.63) is 35.9 Å². The van der Waals surface area contributed by atoms with E-state index in [1.165, 1.54) is 69.5 Å². The molecule has 1 N–H and O–H groups in total. The topological polar surface area (TPSA) is 53.0 Å². The molecule has 176 valence electrons. The fourth-order valence-corrected chi connectivity index (χ4v) is 3.78. The average molecular weight is 515 g/mol. The first-order chi connectivity index (χ1) is 14.6. The maximum Gasteiger partial charge on any atom is 1.00 e. The summed E-state index contributed by atoms with van der Waals surface area (Å²) in [5.41, 5.74) is 2.43. The Labute approximate surface area is 222 Å². The third-order valence-corrected chi connectivity index (χ3v) is 5.20. The van der Waals surface area contributed by atoms with E-state index < -0.39 is 7.15 Å². The van der Waals surface area contributed by atoms with Gasteiger partial charge < -0.3 is 11.2 Å². The number of halogens is 2. The summed E-state index contributed by atoms with van der Waals surface area (Å²) in [5.74, 6) is 0. The maximum absolute atomic E-state index is 9.96. The Morgan fingerprint density at radius 1 is 1.03 bits per heavy atom. The van der Waals surface area contributed by atoms with Crippen molar-refractivity contribution in [1.82, 2.24) is 29.8 Å². The number of aryl methyl sites for hydroxylation is 2. The molecule has 9 heteroatoms. The summed E-state index contributed by atoms with van der Waals surface area (Å²) in [4.78, 5) is 5.01. The van der Waals surface area contributed by atoms with E-state index in [1.807, 2.05) is 24.0 Å². The first-order valence-electron chi connectivity index (χ1n) is 11.1. The molecule has 0 unspecified atom stereocenters. The quantitative estimate of drug-likeness (QED) is 0.489. The van der Waals surface area contributed by atoms with Crippen LogP contribution in [0.3, 0.4) is 0 Å². The molecule has 0 saturated carbocycles. The third kappa shape index (κ3) is 16.1. The van der Waals surface area contributed by atoms with E-state index in [9.17, 15) is 4.39 Å². The summed E-state index contributed by atoms with van der Waals surface area (Å²) in [6, 6.07) is 0. The van der Waals surface area contributed by atoms with Gasteiger partial charge in [-0.2, -0.15) is 10.2 Å². The summed E-state index contributed by atoms with van der Waals surface area (Å²) in [5, 5.41) is 11.8. The van der Waals surface area contributed by atoms with Crippen LogP contribution in [-0.4, -0.2) is 81.5 Å². The van der Waals surface area contributed by atoms with Gasteiger partial charge in [0.25, 0.3) is 0 Å². The van der Waals surface area contributed by atoms with Gasteiger partial charge in [-0.25, -0.2) is 0 Å². The number of nitrogens with zero attached hydrogens (tertiary/aromatic N) is 5. The van der Waals surface area contributed by atoms with E-state index in [0.29, 0.717) is 0 Å². The van der Waals surface area contributed by atoms with Gasteiger partial charge in [-0.05, 0) is 76.8 Å². The van der Waals surface area contributed by atoms with Gasteiger partial charge in [0.2, 0.25) is 0 Å². The third-order valence-electron chi connectivity index (χ3n) is 4.84. The second kappa shape index (κ2) is 21.6. The van der Waals surface area contributed by atoms with Gasteiger partial charge in [0.15, 0.2) is 0 Å². The predicted molar refractivity (Wildman–Crippen MR) is 130 cm³/mol. The number of aromatic nitrogens is 4. The zero-order chi connectivity index (χ0) is 22.0. The van der Waals surface area contributed by atoms with Crippen LogP contribution in [0.15, 0.2) is 24.8 Å². The number of nitrogens with one attached hydrogen (secondary N) is 1. The fraction of sp³-hybridized carbons (Fsp3) is 0.727. The number of likely N-dealkylation sites (tertiary alicyclic amines) is 2. The van der Waals surface area contributed by atoms with Gasteiger partial charge in [0, 0.05) is 30.8 Å². The molecule has 0 spiro atoms. The molecular weight excluding hydrogens is 470 g/mol. The average Bonchev–Trinajstić information content (AvgIpc) is 3.52. The zero-order valence-corrected chi connectivity index (χ0v) is 22.6. The van der Waals surface area contributed by atoms with Crippen molar-refractivity contribution >= 4 is 15.9 Å². The smallest absolute Gasteiger partial charge is 1.00 e. The summed E-state index contributed by atoms with van der Waals surface area (Å²) < 4.78 is 17.5. The Hall–Kier alpha value is -0.250. The second-order valence-electron chi connectivity index (χ2n) is 7.34. The van der Waals surface area contributed by atoms with Crippen LogP contribution in [0.4, 0.5) is 4.39 Å². The predicted octanol–water partition coefficient (Wildman–Crippen LogP) is 1.82.